The lowest BCUT2D eigenvalue weighted by atomic mass is 9.94. The van der Waals surface area contributed by atoms with Crippen LogP contribution >= 0.6 is 0 Å². The summed E-state index contributed by atoms with van der Waals surface area (Å²) < 4.78 is 1.89. The predicted molar refractivity (Wildman–Crippen MR) is 93.8 cm³/mol. The number of imidazole rings is 1. The van der Waals surface area contributed by atoms with Crippen LogP contribution in [0, 0.1) is 13.8 Å². The Bertz CT molecular complexity index is 862. The molecule has 1 N–H and O–H groups in total. The molecule has 1 aliphatic heterocycles. The van der Waals surface area contributed by atoms with Crippen LogP contribution in [-0.2, 0) is 13.6 Å². The molecule has 4 heterocycles. The second kappa shape index (κ2) is 6.02. The number of hydrogen-bond donors (Lipinski definition) is 1. The van der Waals surface area contributed by atoms with E-state index in [1.54, 1.807) is 6.33 Å². The molecule has 0 aliphatic carbocycles. The van der Waals surface area contributed by atoms with Crippen molar-refractivity contribution < 1.29 is 0 Å². The first kappa shape index (κ1) is 15.3. The zero-order valence-electron chi connectivity index (χ0n) is 14.6. The van der Waals surface area contributed by atoms with Crippen molar-refractivity contribution in [3.05, 3.63) is 41.2 Å². The van der Waals surface area contributed by atoms with Crippen LogP contribution in [0.25, 0.3) is 11.0 Å². The molecule has 0 spiro atoms. The van der Waals surface area contributed by atoms with Gasteiger partial charge in [-0.25, -0.2) is 9.97 Å². The summed E-state index contributed by atoms with van der Waals surface area (Å²) in [5, 5.41) is 5.64. The molecule has 0 radical (unpaired) electrons. The average Bonchev–Trinajstić information content (AvgIpc) is 3.11. The number of H-pyrrole nitrogens is 1. The maximum absolute atomic E-state index is 4.92. The molecule has 0 bridgehead atoms. The van der Waals surface area contributed by atoms with Crippen LogP contribution in [0.4, 0.5) is 0 Å². The normalized spacial score (nSPS) is 19.2. The standard InChI is InChI=1S/C18H24N6/c1-12-15-6-7-16(21-18(15)23(3)22-12)14-5-4-8-24(9-14)10-17-13(2)19-11-20-17/h6-7,11,14H,4-5,8-10H2,1-3H3,(H,19,20). The number of pyridine rings is 1. The monoisotopic (exact) mass is 324 g/mol. The number of aromatic amines is 1. The highest BCUT2D eigenvalue weighted by Gasteiger charge is 2.24. The Balaban J connectivity index is 1.55. The zero-order valence-corrected chi connectivity index (χ0v) is 14.6. The van der Waals surface area contributed by atoms with Crippen LogP contribution in [0.1, 0.15) is 41.5 Å². The van der Waals surface area contributed by atoms with Crippen molar-refractivity contribution in [3.63, 3.8) is 0 Å². The third-order valence-electron chi connectivity index (χ3n) is 5.12. The van der Waals surface area contributed by atoms with Gasteiger partial charge in [-0.2, -0.15) is 5.10 Å². The number of aryl methyl sites for hydroxylation is 3. The summed E-state index contributed by atoms with van der Waals surface area (Å²) >= 11 is 0. The first-order chi connectivity index (χ1) is 11.6. The first-order valence-corrected chi connectivity index (χ1v) is 8.63. The van der Waals surface area contributed by atoms with E-state index >= 15 is 0 Å². The SMILES string of the molecule is Cc1[nH]cnc1CN1CCCC(c2ccc3c(C)nn(C)c3n2)C1. The summed E-state index contributed by atoms with van der Waals surface area (Å²) in [6, 6.07) is 4.36. The topological polar surface area (TPSA) is 62.6 Å². The predicted octanol–water partition coefficient (Wildman–Crippen LogP) is 2.69. The summed E-state index contributed by atoms with van der Waals surface area (Å²) in [7, 11) is 1.97. The van der Waals surface area contributed by atoms with Gasteiger partial charge in [0, 0.05) is 42.8 Å². The minimum Gasteiger partial charge on any atom is -0.348 e. The molecule has 3 aromatic heterocycles. The van der Waals surface area contributed by atoms with Gasteiger partial charge in [-0.05, 0) is 45.4 Å². The van der Waals surface area contributed by atoms with Gasteiger partial charge < -0.3 is 4.98 Å². The molecule has 126 valence electrons. The summed E-state index contributed by atoms with van der Waals surface area (Å²) in [5.74, 6) is 0.484. The van der Waals surface area contributed by atoms with E-state index in [4.69, 9.17) is 4.98 Å². The van der Waals surface area contributed by atoms with Crippen LogP contribution in [-0.4, -0.2) is 42.7 Å². The minimum atomic E-state index is 0.484. The van der Waals surface area contributed by atoms with Crippen LogP contribution < -0.4 is 0 Å². The van der Waals surface area contributed by atoms with Gasteiger partial charge in [0.25, 0.3) is 0 Å². The van der Waals surface area contributed by atoms with E-state index in [2.05, 4.69) is 39.0 Å². The van der Waals surface area contributed by atoms with Crippen molar-refractivity contribution in [1.29, 1.82) is 0 Å². The Morgan fingerprint density at radius 3 is 2.96 bits per heavy atom. The van der Waals surface area contributed by atoms with E-state index in [1.807, 2.05) is 18.7 Å². The smallest absolute Gasteiger partial charge is 0.158 e. The molecular formula is C18H24N6. The highest BCUT2D eigenvalue weighted by molar-refractivity contribution is 5.78. The molecular weight excluding hydrogens is 300 g/mol. The molecule has 6 nitrogen and oxygen atoms in total. The Hall–Kier alpha value is -2.21. The van der Waals surface area contributed by atoms with Gasteiger partial charge >= 0.3 is 0 Å². The van der Waals surface area contributed by atoms with Gasteiger partial charge in [0.1, 0.15) is 0 Å². The number of piperidine rings is 1. The summed E-state index contributed by atoms with van der Waals surface area (Å²) in [4.78, 5) is 15.0. The van der Waals surface area contributed by atoms with E-state index in [-0.39, 0.29) is 0 Å². The highest BCUT2D eigenvalue weighted by Crippen LogP contribution is 2.28. The van der Waals surface area contributed by atoms with Crippen molar-refractivity contribution in [2.75, 3.05) is 13.1 Å². The third-order valence-corrected chi connectivity index (χ3v) is 5.12. The fraction of sp³-hybridized carbons (Fsp3) is 0.500. The number of aromatic nitrogens is 5. The molecule has 0 aromatic carbocycles. The van der Waals surface area contributed by atoms with Crippen molar-refractivity contribution in [3.8, 4) is 0 Å². The Kier molecular flexibility index (Phi) is 3.84. The molecule has 6 heteroatoms. The van der Waals surface area contributed by atoms with Crippen molar-refractivity contribution in [2.24, 2.45) is 7.05 Å². The molecule has 1 aliphatic rings. The fourth-order valence-electron chi connectivity index (χ4n) is 3.74. The van der Waals surface area contributed by atoms with E-state index in [0.717, 1.165) is 42.1 Å². The lowest BCUT2D eigenvalue weighted by Crippen LogP contribution is -2.34. The van der Waals surface area contributed by atoms with Gasteiger partial charge in [0.15, 0.2) is 5.65 Å². The average molecular weight is 324 g/mol. The minimum absolute atomic E-state index is 0.484. The number of nitrogens with one attached hydrogen (secondary N) is 1. The number of rotatable bonds is 3. The molecule has 1 fully saturated rings. The largest absolute Gasteiger partial charge is 0.348 e. The van der Waals surface area contributed by atoms with Gasteiger partial charge in [-0.1, -0.05) is 0 Å². The van der Waals surface area contributed by atoms with Crippen molar-refractivity contribution in [2.45, 2.75) is 39.2 Å². The summed E-state index contributed by atoms with van der Waals surface area (Å²) in [6.45, 7) is 7.22. The first-order valence-electron chi connectivity index (χ1n) is 8.63. The molecule has 1 atom stereocenters. The van der Waals surface area contributed by atoms with Gasteiger partial charge in [-0.3, -0.25) is 9.58 Å². The van der Waals surface area contributed by atoms with Gasteiger partial charge in [-0.15, -0.1) is 0 Å². The summed E-state index contributed by atoms with van der Waals surface area (Å²) in [6.07, 6.45) is 4.19. The van der Waals surface area contributed by atoms with E-state index in [1.165, 1.54) is 24.2 Å². The molecule has 0 amide bonds. The molecule has 1 saturated heterocycles. The van der Waals surface area contributed by atoms with Crippen molar-refractivity contribution >= 4 is 11.0 Å². The highest BCUT2D eigenvalue weighted by atomic mass is 15.3. The molecule has 24 heavy (non-hydrogen) atoms. The third kappa shape index (κ3) is 2.71. The molecule has 4 rings (SSSR count). The Labute approximate surface area is 141 Å². The quantitative estimate of drug-likeness (QED) is 0.804. The van der Waals surface area contributed by atoms with Crippen LogP contribution in [0.3, 0.4) is 0 Å². The van der Waals surface area contributed by atoms with Crippen LogP contribution in [0.5, 0.6) is 0 Å². The maximum Gasteiger partial charge on any atom is 0.158 e. The number of fused-ring (bicyclic) bond motifs is 1. The van der Waals surface area contributed by atoms with Gasteiger partial charge in [0.05, 0.1) is 17.7 Å². The lowest BCUT2D eigenvalue weighted by Gasteiger charge is -2.32. The maximum atomic E-state index is 4.92. The number of hydrogen-bond acceptors (Lipinski definition) is 4. The second-order valence-electron chi connectivity index (χ2n) is 6.86. The summed E-state index contributed by atoms with van der Waals surface area (Å²) in [5.41, 5.74) is 5.55. The lowest BCUT2D eigenvalue weighted by molar-refractivity contribution is 0.196. The molecule has 0 saturated carbocycles. The van der Waals surface area contributed by atoms with Crippen LogP contribution in [0.2, 0.25) is 0 Å². The number of nitrogens with zero attached hydrogens (tertiary/aromatic N) is 5. The Morgan fingerprint density at radius 2 is 2.17 bits per heavy atom. The second-order valence-corrected chi connectivity index (χ2v) is 6.86. The van der Waals surface area contributed by atoms with Crippen molar-refractivity contribution in [1.82, 2.24) is 29.6 Å². The van der Waals surface area contributed by atoms with Crippen LogP contribution in [0.15, 0.2) is 18.5 Å². The van der Waals surface area contributed by atoms with E-state index < -0.39 is 0 Å². The number of likely N-dealkylation sites (tertiary alicyclic amines) is 1. The Morgan fingerprint density at radius 1 is 1.29 bits per heavy atom. The molecule has 3 aromatic rings. The van der Waals surface area contributed by atoms with Gasteiger partial charge in [0.2, 0.25) is 0 Å². The molecule has 1 unspecified atom stereocenters. The van der Waals surface area contributed by atoms with E-state index in [0.29, 0.717) is 5.92 Å². The fourth-order valence-corrected chi connectivity index (χ4v) is 3.74. The van der Waals surface area contributed by atoms with E-state index in [9.17, 15) is 0 Å². The zero-order chi connectivity index (χ0) is 16.7.